The Labute approximate surface area is 131 Å². The van der Waals surface area contributed by atoms with Crippen LogP contribution in [0.25, 0.3) is 0 Å². The van der Waals surface area contributed by atoms with Crippen molar-refractivity contribution in [2.24, 2.45) is 0 Å². The zero-order chi connectivity index (χ0) is 15.8. The lowest BCUT2D eigenvalue weighted by molar-refractivity contribution is 0.0472. The first-order valence-corrected chi connectivity index (χ1v) is 7.60. The van der Waals surface area contributed by atoms with Crippen molar-refractivity contribution in [3.05, 3.63) is 65.5 Å². The Hall–Kier alpha value is -2.20. The Morgan fingerprint density at radius 3 is 2.18 bits per heavy atom. The maximum absolute atomic E-state index is 11.9. The highest BCUT2D eigenvalue weighted by Gasteiger charge is 2.07. The second-order valence-corrected chi connectivity index (χ2v) is 5.09. The fraction of sp³-hybridized carbons (Fsp3) is 0.333. The molecule has 1 aromatic heterocycles. The van der Waals surface area contributed by atoms with Crippen LogP contribution in [0.3, 0.4) is 0 Å². The van der Waals surface area contributed by atoms with Crippen molar-refractivity contribution < 1.29 is 9.53 Å². The van der Waals surface area contributed by atoms with Gasteiger partial charge in [0.15, 0.2) is 0 Å². The number of hydrogen-bond donors (Lipinski definition) is 0. The third-order valence-corrected chi connectivity index (χ3v) is 3.61. The summed E-state index contributed by atoms with van der Waals surface area (Å²) in [6.45, 7) is 7.65. The van der Waals surface area contributed by atoms with E-state index in [-0.39, 0.29) is 12.6 Å². The van der Waals surface area contributed by atoms with Gasteiger partial charge in [-0.05, 0) is 36.3 Å². The number of esters is 1. The summed E-state index contributed by atoms with van der Waals surface area (Å²) in [6.07, 6.45) is 3.16. The summed E-state index contributed by atoms with van der Waals surface area (Å²) >= 11 is 0. The molecule has 22 heavy (non-hydrogen) atoms. The Morgan fingerprint density at radius 1 is 1.00 bits per heavy atom. The number of carbonyl (C=O) groups is 1. The molecule has 4 nitrogen and oxygen atoms in total. The number of carbonyl (C=O) groups excluding carboxylic acids is 1. The predicted molar refractivity (Wildman–Crippen MR) is 86.4 cm³/mol. The van der Waals surface area contributed by atoms with Gasteiger partial charge in [0.05, 0.1) is 5.56 Å². The summed E-state index contributed by atoms with van der Waals surface area (Å²) in [5.41, 5.74) is 2.78. The molecule has 4 heteroatoms. The highest BCUT2D eigenvalue weighted by molar-refractivity contribution is 5.89. The first-order chi connectivity index (χ1) is 10.7. The number of hydrogen-bond acceptors (Lipinski definition) is 4. The van der Waals surface area contributed by atoms with Crippen molar-refractivity contribution in [1.82, 2.24) is 9.88 Å². The minimum atomic E-state index is -0.324. The molecule has 0 fully saturated rings. The quantitative estimate of drug-likeness (QED) is 0.736. The van der Waals surface area contributed by atoms with Crippen LogP contribution in [0.15, 0.2) is 48.8 Å². The fourth-order valence-electron chi connectivity index (χ4n) is 2.17. The van der Waals surface area contributed by atoms with Gasteiger partial charge in [0.2, 0.25) is 0 Å². The van der Waals surface area contributed by atoms with Crippen molar-refractivity contribution in [2.45, 2.75) is 27.0 Å². The lowest BCUT2D eigenvalue weighted by atomic mass is 10.1. The van der Waals surface area contributed by atoms with Gasteiger partial charge in [0.25, 0.3) is 0 Å². The smallest absolute Gasteiger partial charge is 0.338 e. The maximum Gasteiger partial charge on any atom is 0.338 e. The second kappa shape index (κ2) is 8.29. The predicted octanol–water partition coefficient (Wildman–Crippen LogP) is 3.28. The lowest BCUT2D eigenvalue weighted by Crippen LogP contribution is -2.22. The number of nitrogens with zero attached hydrogens (tertiary/aromatic N) is 2. The fourth-order valence-corrected chi connectivity index (χ4v) is 2.17. The third kappa shape index (κ3) is 4.67. The molecule has 1 aromatic carbocycles. The number of benzene rings is 1. The van der Waals surface area contributed by atoms with E-state index in [1.165, 1.54) is 5.56 Å². The number of aromatic nitrogens is 1. The van der Waals surface area contributed by atoms with Gasteiger partial charge in [-0.3, -0.25) is 9.88 Å². The van der Waals surface area contributed by atoms with Crippen molar-refractivity contribution in [3.63, 3.8) is 0 Å². The largest absolute Gasteiger partial charge is 0.457 e. The van der Waals surface area contributed by atoms with Gasteiger partial charge in [-0.2, -0.15) is 0 Å². The third-order valence-electron chi connectivity index (χ3n) is 3.61. The Kier molecular flexibility index (Phi) is 6.10. The minimum absolute atomic E-state index is 0.284. The van der Waals surface area contributed by atoms with E-state index in [1.807, 2.05) is 12.1 Å². The summed E-state index contributed by atoms with van der Waals surface area (Å²) in [5, 5.41) is 0. The highest BCUT2D eigenvalue weighted by Crippen LogP contribution is 2.10. The van der Waals surface area contributed by atoms with Crippen LogP contribution in [-0.2, 0) is 17.9 Å². The van der Waals surface area contributed by atoms with Crippen LogP contribution >= 0.6 is 0 Å². The van der Waals surface area contributed by atoms with E-state index in [2.05, 4.69) is 35.9 Å². The molecule has 2 aromatic rings. The van der Waals surface area contributed by atoms with Crippen molar-refractivity contribution >= 4 is 5.97 Å². The Bertz CT molecular complexity index is 578. The van der Waals surface area contributed by atoms with Gasteiger partial charge in [0, 0.05) is 18.9 Å². The van der Waals surface area contributed by atoms with Crippen molar-refractivity contribution in [2.75, 3.05) is 13.1 Å². The molecule has 0 radical (unpaired) electrons. The van der Waals surface area contributed by atoms with E-state index in [0.29, 0.717) is 5.56 Å². The first-order valence-electron chi connectivity index (χ1n) is 7.60. The summed E-state index contributed by atoms with van der Waals surface area (Å²) < 4.78 is 5.30. The first kappa shape index (κ1) is 16.2. The van der Waals surface area contributed by atoms with Gasteiger partial charge in [-0.25, -0.2) is 4.79 Å². The lowest BCUT2D eigenvalue weighted by Gasteiger charge is -2.18. The van der Waals surface area contributed by atoms with Crippen LogP contribution in [0.1, 0.15) is 35.3 Å². The summed E-state index contributed by atoms with van der Waals surface area (Å²) in [5.74, 6) is -0.324. The van der Waals surface area contributed by atoms with Crippen LogP contribution in [-0.4, -0.2) is 28.9 Å². The number of ether oxygens (including phenoxy) is 1. The molecule has 0 unspecified atom stereocenters. The van der Waals surface area contributed by atoms with Crippen LogP contribution in [0, 0.1) is 0 Å². The highest BCUT2D eigenvalue weighted by atomic mass is 16.5. The molecule has 0 spiro atoms. The molecular formula is C18H22N2O2. The van der Waals surface area contributed by atoms with Crippen LogP contribution in [0.4, 0.5) is 0 Å². The van der Waals surface area contributed by atoms with E-state index >= 15 is 0 Å². The topological polar surface area (TPSA) is 42.4 Å². The Morgan fingerprint density at radius 2 is 1.59 bits per heavy atom. The van der Waals surface area contributed by atoms with Crippen molar-refractivity contribution in [1.29, 1.82) is 0 Å². The average molecular weight is 298 g/mol. The molecule has 0 amide bonds. The van der Waals surface area contributed by atoms with E-state index < -0.39 is 0 Å². The zero-order valence-electron chi connectivity index (χ0n) is 13.2. The molecule has 0 saturated heterocycles. The second-order valence-electron chi connectivity index (χ2n) is 5.09. The molecule has 0 aliphatic carbocycles. The van der Waals surface area contributed by atoms with Crippen LogP contribution < -0.4 is 0 Å². The van der Waals surface area contributed by atoms with Crippen LogP contribution in [0.2, 0.25) is 0 Å². The summed E-state index contributed by atoms with van der Waals surface area (Å²) in [6, 6.07) is 11.5. The minimum Gasteiger partial charge on any atom is -0.457 e. The van der Waals surface area contributed by atoms with E-state index in [4.69, 9.17) is 4.74 Å². The molecule has 1 heterocycles. The SMILES string of the molecule is CCN(CC)Cc1ccc(COC(=O)c2ccncc2)cc1. The standard InChI is InChI=1S/C18H22N2O2/c1-3-20(4-2)13-15-5-7-16(8-6-15)14-22-18(21)17-9-11-19-12-10-17/h5-12H,3-4,13-14H2,1-2H3. The molecule has 0 atom stereocenters. The number of rotatable bonds is 7. The normalized spacial score (nSPS) is 10.7. The van der Waals surface area contributed by atoms with Gasteiger partial charge >= 0.3 is 5.97 Å². The maximum atomic E-state index is 11.9. The molecule has 0 aliphatic rings. The molecule has 0 N–H and O–H groups in total. The average Bonchev–Trinajstić information content (AvgIpc) is 2.59. The van der Waals surface area contributed by atoms with Crippen LogP contribution in [0.5, 0.6) is 0 Å². The zero-order valence-corrected chi connectivity index (χ0v) is 13.2. The molecule has 2 rings (SSSR count). The van der Waals surface area contributed by atoms with Gasteiger partial charge < -0.3 is 4.74 Å². The molecule has 0 bridgehead atoms. The monoisotopic (exact) mass is 298 g/mol. The molecular weight excluding hydrogens is 276 g/mol. The van der Waals surface area contributed by atoms with Gasteiger partial charge in [0.1, 0.15) is 6.61 Å². The van der Waals surface area contributed by atoms with E-state index in [0.717, 1.165) is 25.2 Å². The van der Waals surface area contributed by atoms with Gasteiger partial charge in [-0.1, -0.05) is 38.1 Å². The number of pyridine rings is 1. The van der Waals surface area contributed by atoms with Crippen molar-refractivity contribution in [3.8, 4) is 0 Å². The molecule has 0 aliphatic heterocycles. The Balaban J connectivity index is 1.87. The van der Waals surface area contributed by atoms with Gasteiger partial charge in [-0.15, -0.1) is 0 Å². The van der Waals surface area contributed by atoms with E-state index in [9.17, 15) is 4.79 Å². The molecule has 0 saturated carbocycles. The molecule has 116 valence electrons. The summed E-state index contributed by atoms with van der Waals surface area (Å²) in [4.78, 5) is 18.1. The summed E-state index contributed by atoms with van der Waals surface area (Å²) in [7, 11) is 0. The van der Waals surface area contributed by atoms with E-state index in [1.54, 1.807) is 24.5 Å².